The highest BCUT2D eigenvalue weighted by molar-refractivity contribution is 7.00. The third-order valence-corrected chi connectivity index (χ3v) is 19.9. The SMILES string of the molecule is CC(C)(C)c1ccc2c(c1)B1c3cc(C(C)(C)C)cc4c3N(c3cc(N5c6ccccc6C6(C)CCCCC56C)cc(c31)N2c1ccc(C(C)(C)C)cc1-c1ccccc1)C1(C)CCCCC41c1ccccc1. The van der Waals surface area contributed by atoms with E-state index in [0.29, 0.717) is 0 Å². The van der Waals surface area contributed by atoms with Crippen molar-refractivity contribution in [1.29, 1.82) is 0 Å². The molecule has 73 heavy (non-hydrogen) atoms. The van der Waals surface area contributed by atoms with Gasteiger partial charge in [-0.3, -0.25) is 0 Å². The summed E-state index contributed by atoms with van der Waals surface area (Å²) in [5.41, 5.74) is 24.3. The molecule has 4 aliphatic heterocycles. The van der Waals surface area contributed by atoms with Crippen molar-refractivity contribution < 1.29 is 0 Å². The third kappa shape index (κ3) is 6.31. The van der Waals surface area contributed by atoms with Gasteiger partial charge in [0.15, 0.2) is 0 Å². The van der Waals surface area contributed by atoms with Crippen LogP contribution in [0.25, 0.3) is 11.1 Å². The minimum absolute atomic E-state index is 0.0189. The van der Waals surface area contributed by atoms with Gasteiger partial charge in [-0.1, -0.05) is 204 Å². The second-order valence-electron chi connectivity index (χ2n) is 27.0. The molecule has 4 unspecified atom stereocenters. The highest BCUT2D eigenvalue weighted by atomic mass is 15.3. The fourth-order valence-electron chi connectivity index (χ4n) is 15.8. The van der Waals surface area contributed by atoms with Crippen LogP contribution in [-0.4, -0.2) is 17.8 Å². The van der Waals surface area contributed by atoms with Crippen molar-refractivity contribution in [1.82, 2.24) is 0 Å². The van der Waals surface area contributed by atoms with E-state index < -0.39 is 0 Å². The molecule has 7 aromatic rings. The lowest BCUT2D eigenvalue weighted by Crippen LogP contribution is -2.65. The van der Waals surface area contributed by atoms with Crippen molar-refractivity contribution in [3.63, 3.8) is 0 Å². The Kier molecular flexibility index (Phi) is 9.95. The van der Waals surface area contributed by atoms with Crippen LogP contribution < -0.4 is 31.1 Å². The zero-order valence-corrected chi connectivity index (χ0v) is 45.9. The molecule has 13 rings (SSSR count). The van der Waals surface area contributed by atoms with Crippen molar-refractivity contribution in [3.05, 3.63) is 179 Å². The van der Waals surface area contributed by atoms with Gasteiger partial charge in [-0.2, -0.15) is 0 Å². The summed E-state index contributed by atoms with van der Waals surface area (Å²) in [5, 5.41) is 0. The first-order valence-electron chi connectivity index (χ1n) is 28.0. The molecule has 0 amide bonds. The molecule has 2 aliphatic carbocycles. The molecule has 4 heterocycles. The van der Waals surface area contributed by atoms with E-state index in [0.717, 1.165) is 19.3 Å². The largest absolute Gasteiger partial charge is 0.335 e. The summed E-state index contributed by atoms with van der Waals surface area (Å²) in [6.45, 7) is 29.4. The molecule has 4 heteroatoms. The highest BCUT2D eigenvalue weighted by Gasteiger charge is 2.65. The molecule has 6 aliphatic rings. The Morgan fingerprint density at radius 2 is 1.01 bits per heavy atom. The maximum absolute atomic E-state index is 2.98. The summed E-state index contributed by atoms with van der Waals surface area (Å²) < 4.78 is 0. The van der Waals surface area contributed by atoms with Crippen LogP contribution in [-0.2, 0) is 27.1 Å². The first-order valence-corrected chi connectivity index (χ1v) is 28.0. The summed E-state index contributed by atoms with van der Waals surface area (Å²) in [5.74, 6) is 0. The number of hydrogen-bond donors (Lipinski definition) is 0. The van der Waals surface area contributed by atoms with Gasteiger partial charge >= 0.3 is 0 Å². The molecule has 0 aromatic heterocycles. The van der Waals surface area contributed by atoms with Crippen molar-refractivity contribution in [3.8, 4) is 11.1 Å². The van der Waals surface area contributed by atoms with Gasteiger partial charge in [0.1, 0.15) is 0 Å². The van der Waals surface area contributed by atoms with Crippen molar-refractivity contribution in [2.24, 2.45) is 0 Å². The smallest absolute Gasteiger partial charge is 0.252 e. The predicted molar refractivity (Wildman–Crippen MR) is 313 cm³/mol. The lowest BCUT2D eigenvalue weighted by molar-refractivity contribution is 0.195. The lowest BCUT2D eigenvalue weighted by Gasteiger charge is -2.54. The van der Waals surface area contributed by atoms with Crippen LogP contribution in [0.15, 0.2) is 146 Å². The van der Waals surface area contributed by atoms with Gasteiger partial charge in [-0.05, 0) is 148 Å². The molecule has 2 fully saturated rings. The number of benzene rings is 7. The van der Waals surface area contributed by atoms with E-state index in [1.165, 1.54) is 127 Å². The monoisotopic (exact) mass is 958 g/mol. The van der Waals surface area contributed by atoms with Gasteiger partial charge in [0, 0.05) is 50.5 Å². The molecular weight excluding hydrogens is 882 g/mol. The van der Waals surface area contributed by atoms with Gasteiger partial charge < -0.3 is 14.7 Å². The van der Waals surface area contributed by atoms with Gasteiger partial charge in [0.2, 0.25) is 0 Å². The van der Waals surface area contributed by atoms with Crippen LogP contribution in [0.5, 0.6) is 0 Å². The Balaban J connectivity index is 1.21. The summed E-state index contributed by atoms with van der Waals surface area (Å²) in [6.07, 6.45) is 9.54. The summed E-state index contributed by atoms with van der Waals surface area (Å²) >= 11 is 0. The fourth-order valence-corrected chi connectivity index (χ4v) is 15.8. The number of rotatable bonds is 4. The molecule has 3 nitrogen and oxygen atoms in total. The Morgan fingerprint density at radius 1 is 0.438 bits per heavy atom. The first kappa shape index (κ1) is 46.8. The van der Waals surface area contributed by atoms with E-state index in [1.807, 2.05) is 0 Å². The van der Waals surface area contributed by atoms with E-state index in [1.54, 1.807) is 5.56 Å². The molecule has 0 N–H and O–H groups in total. The van der Waals surface area contributed by atoms with E-state index in [9.17, 15) is 0 Å². The van der Waals surface area contributed by atoms with Crippen molar-refractivity contribution in [2.45, 2.75) is 173 Å². The molecule has 0 radical (unpaired) electrons. The maximum Gasteiger partial charge on any atom is 0.252 e. The molecule has 0 bridgehead atoms. The van der Waals surface area contributed by atoms with Crippen LogP contribution in [0.3, 0.4) is 0 Å². The van der Waals surface area contributed by atoms with Gasteiger partial charge in [0.05, 0.1) is 16.8 Å². The predicted octanol–water partition coefficient (Wildman–Crippen LogP) is 16.4. The van der Waals surface area contributed by atoms with E-state index in [4.69, 9.17) is 0 Å². The lowest BCUT2D eigenvalue weighted by atomic mass is 9.33. The topological polar surface area (TPSA) is 9.72 Å². The zero-order valence-electron chi connectivity index (χ0n) is 45.9. The second kappa shape index (κ2) is 15.5. The molecule has 7 aromatic carbocycles. The van der Waals surface area contributed by atoms with Gasteiger partial charge in [0.25, 0.3) is 6.71 Å². The second-order valence-corrected chi connectivity index (χ2v) is 27.0. The van der Waals surface area contributed by atoms with Crippen LogP contribution in [0.2, 0.25) is 0 Å². The summed E-state index contributed by atoms with van der Waals surface area (Å²) in [6, 6.07) is 58.3. The number of para-hydroxylation sites is 1. The van der Waals surface area contributed by atoms with Crippen molar-refractivity contribution in [2.75, 3.05) is 14.7 Å². The van der Waals surface area contributed by atoms with Gasteiger partial charge in [-0.25, -0.2) is 0 Å². The average molecular weight is 958 g/mol. The molecule has 0 saturated heterocycles. The van der Waals surface area contributed by atoms with E-state index >= 15 is 0 Å². The van der Waals surface area contributed by atoms with Crippen molar-refractivity contribution >= 4 is 62.9 Å². The Labute approximate surface area is 438 Å². The minimum Gasteiger partial charge on any atom is -0.335 e. The van der Waals surface area contributed by atoms with E-state index in [-0.39, 0.29) is 44.9 Å². The fraction of sp³-hybridized carbons (Fsp3) is 0.391. The normalized spacial score (nSPS) is 24.7. The summed E-state index contributed by atoms with van der Waals surface area (Å²) in [4.78, 5) is 8.58. The molecule has 0 spiro atoms. The van der Waals surface area contributed by atoms with Crippen LogP contribution in [0.1, 0.15) is 168 Å². The minimum atomic E-state index is -0.231. The molecule has 370 valence electrons. The maximum atomic E-state index is 2.98. The highest BCUT2D eigenvalue weighted by Crippen LogP contribution is 2.67. The van der Waals surface area contributed by atoms with E-state index in [2.05, 4.69) is 243 Å². The number of hydrogen-bond acceptors (Lipinski definition) is 3. The number of fused-ring (bicyclic) bond motifs is 10. The van der Waals surface area contributed by atoms with Crippen LogP contribution in [0, 0.1) is 0 Å². The average Bonchev–Trinajstić information content (AvgIpc) is 3.74. The number of nitrogens with zero attached hydrogens (tertiary/aromatic N) is 3. The van der Waals surface area contributed by atoms with Gasteiger partial charge in [-0.15, -0.1) is 0 Å². The first-order chi connectivity index (χ1) is 34.7. The van der Waals surface area contributed by atoms with Crippen LogP contribution >= 0.6 is 0 Å². The molecule has 2 saturated carbocycles. The third-order valence-electron chi connectivity index (χ3n) is 19.9. The number of anilines is 7. The standard InChI is InChI=1S/C69H76BN3/c1-63(2,3)47-31-33-56(51(39-47)45-25-15-13-16-26-45)71-58-34-32-48(64(4,5)6)41-54(58)70-55-42-49(65(7,8)9)40-53-62(55)73(68(12)37-23-24-38-69(53,68)46-27-17-14-18-28-46)60-44-50(43-59(71)61(60)70)72-57-30-20-19-29-52(57)66(10)35-21-22-36-67(66,72)11/h13-20,25-34,39-44H,21-24,35-38H2,1-12H3. The quantitative estimate of drug-likeness (QED) is 0.163. The summed E-state index contributed by atoms with van der Waals surface area (Å²) in [7, 11) is 0. The Morgan fingerprint density at radius 3 is 1.71 bits per heavy atom. The molecule has 4 atom stereocenters. The Bertz CT molecular complexity index is 3390. The molecular formula is C69H76BN3. The van der Waals surface area contributed by atoms with Crippen LogP contribution in [0.4, 0.5) is 39.8 Å². The Hall–Kier alpha value is -6.00. The zero-order chi connectivity index (χ0) is 50.8.